The van der Waals surface area contributed by atoms with Gasteiger partial charge in [-0.2, -0.15) is 0 Å². The molecule has 6 unspecified atom stereocenters. The standard InChI is InChI=1S/C42H82O9/c1-3-5-7-9-11-13-14-15-16-17-18-19-20-21-22-24-26-28-30-32-48-34-36(35-49-42-41(47)40(46)39(45)37(33-43)51-42)50-38(44)31-29-27-25-23-12-10-8-6-4-2/h36-37,39-43,45-47H,3-35H2,1-2H3. The maximum Gasteiger partial charge on any atom is 0.306 e. The maximum absolute atomic E-state index is 12.7. The number of esters is 1. The molecule has 1 heterocycles. The van der Waals surface area contributed by atoms with E-state index in [4.69, 9.17) is 18.9 Å². The van der Waals surface area contributed by atoms with Crippen molar-refractivity contribution in [3.63, 3.8) is 0 Å². The second-order valence-corrected chi connectivity index (χ2v) is 15.2. The van der Waals surface area contributed by atoms with Crippen molar-refractivity contribution in [2.24, 2.45) is 0 Å². The van der Waals surface area contributed by atoms with Gasteiger partial charge in [0.05, 0.1) is 19.8 Å². The van der Waals surface area contributed by atoms with E-state index < -0.39 is 43.4 Å². The van der Waals surface area contributed by atoms with Crippen LogP contribution in [0.15, 0.2) is 0 Å². The number of aliphatic hydroxyl groups is 4. The fourth-order valence-corrected chi connectivity index (χ4v) is 6.85. The van der Waals surface area contributed by atoms with Crippen molar-refractivity contribution < 1.29 is 44.2 Å². The van der Waals surface area contributed by atoms with Gasteiger partial charge >= 0.3 is 5.97 Å². The van der Waals surface area contributed by atoms with E-state index in [-0.39, 0.29) is 19.2 Å². The molecule has 0 aromatic carbocycles. The number of rotatable bonds is 37. The third-order valence-electron chi connectivity index (χ3n) is 10.3. The Morgan fingerprint density at radius 2 is 0.961 bits per heavy atom. The molecule has 6 atom stereocenters. The predicted molar refractivity (Wildman–Crippen MR) is 206 cm³/mol. The van der Waals surface area contributed by atoms with Gasteiger partial charge in [0.2, 0.25) is 0 Å². The zero-order valence-electron chi connectivity index (χ0n) is 33.1. The van der Waals surface area contributed by atoms with Gasteiger partial charge in [0.25, 0.3) is 0 Å². The van der Waals surface area contributed by atoms with E-state index in [9.17, 15) is 25.2 Å². The third kappa shape index (κ3) is 26.6. The highest BCUT2D eigenvalue weighted by Gasteiger charge is 2.44. The molecule has 1 fully saturated rings. The summed E-state index contributed by atoms with van der Waals surface area (Å²) in [5.74, 6) is -0.313. The van der Waals surface area contributed by atoms with E-state index in [0.29, 0.717) is 13.0 Å². The SMILES string of the molecule is CCCCCCCCCCCCCCCCCCCCCOCC(COC1OC(CO)C(O)C(O)C1O)OC(=O)CCCCCCCCCCC. The highest BCUT2D eigenvalue weighted by molar-refractivity contribution is 5.69. The molecule has 9 nitrogen and oxygen atoms in total. The van der Waals surface area contributed by atoms with Gasteiger partial charge in [-0.1, -0.05) is 181 Å². The van der Waals surface area contributed by atoms with Gasteiger partial charge in [0.1, 0.15) is 30.5 Å². The van der Waals surface area contributed by atoms with Gasteiger partial charge in [-0.3, -0.25) is 4.79 Å². The zero-order valence-corrected chi connectivity index (χ0v) is 33.1. The lowest BCUT2D eigenvalue weighted by molar-refractivity contribution is -0.305. The van der Waals surface area contributed by atoms with Crippen LogP contribution in [0.3, 0.4) is 0 Å². The van der Waals surface area contributed by atoms with Crippen LogP contribution in [-0.4, -0.2) is 89.6 Å². The molecule has 0 aromatic rings. The topological polar surface area (TPSA) is 135 Å². The van der Waals surface area contributed by atoms with E-state index >= 15 is 0 Å². The summed E-state index contributed by atoms with van der Waals surface area (Å²) in [6.07, 6.45) is 28.5. The molecule has 0 saturated carbocycles. The van der Waals surface area contributed by atoms with Crippen LogP contribution in [0.5, 0.6) is 0 Å². The summed E-state index contributed by atoms with van der Waals surface area (Å²) in [7, 11) is 0. The first-order valence-electron chi connectivity index (χ1n) is 21.6. The molecule has 1 aliphatic heterocycles. The zero-order chi connectivity index (χ0) is 37.2. The van der Waals surface area contributed by atoms with Crippen LogP contribution in [0.2, 0.25) is 0 Å². The molecule has 0 aromatic heterocycles. The number of ether oxygens (including phenoxy) is 4. The Balaban J connectivity index is 2.20. The first-order valence-corrected chi connectivity index (χ1v) is 21.6. The minimum absolute atomic E-state index is 0.106. The quantitative estimate of drug-likeness (QED) is 0.0365. The molecule has 0 amide bonds. The van der Waals surface area contributed by atoms with Gasteiger partial charge in [-0.25, -0.2) is 0 Å². The van der Waals surface area contributed by atoms with Crippen LogP contribution in [0.1, 0.15) is 200 Å². The smallest absolute Gasteiger partial charge is 0.306 e. The Labute approximate surface area is 312 Å². The summed E-state index contributed by atoms with van der Waals surface area (Å²) in [5, 5.41) is 40.0. The fourth-order valence-electron chi connectivity index (χ4n) is 6.85. The van der Waals surface area contributed by atoms with Crippen molar-refractivity contribution in [2.45, 2.75) is 237 Å². The summed E-state index contributed by atoms with van der Waals surface area (Å²) in [6.45, 7) is 4.57. The van der Waals surface area contributed by atoms with E-state index in [2.05, 4.69) is 13.8 Å². The van der Waals surface area contributed by atoms with E-state index in [1.54, 1.807) is 0 Å². The van der Waals surface area contributed by atoms with Gasteiger partial charge in [-0.15, -0.1) is 0 Å². The van der Waals surface area contributed by atoms with Gasteiger partial charge in [-0.05, 0) is 12.8 Å². The molecule has 1 saturated heterocycles. The highest BCUT2D eigenvalue weighted by atomic mass is 16.7. The Morgan fingerprint density at radius 3 is 1.39 bits per heavy atom. The molecule has 0 spiro atoms. The number of aliphatic hydroxyl groups excluding tert-OH is 4. The van der Waals surface area contributed by atoms with Crippen LogP contribution in [-0.2, 0) is 23.7 Å². The summed E-state index contributed by atoms with van der Waals surface area (Å²) in [6, 6.07) is 0. The molecule has 9 heteroatoms. The summed E-state index contributed by atoms with van der Waals surface area (Å²) in [5.41, 5.74) is 0. The summed E-state index contributed by atoms with van der Waals surface area (Å²) < 4.78 is 22.7. The predicted octanol–water partition coefficient (Wildman–Crippen LogP) is 9.08. The minimum Gasteiger partial charge on any atom is -0.457 e. The minimum atomic E-state index is -1.53. The van der Waals surface area contributed by atoms with Crippen molar-refractivity contribution in [1.82, 2.24) is 0 Å². The van der Waals surface area contributed by atoms with Gasteiger partial charge < -0.3 is 39.4 Å². The van der Waals surface area contributed by atoms with Crippen molar-refractivity contribution in [1.29, 1.82) is 0 Å². The number of unbranched alkanes of at least 4 members (excludes halogenated alkanes) is 26. The normalized spacial score (nSPS) is 21.3. The van der Waals surface area contributed by atoms with Crippen molar-refractivity contribution >= 4 is 5.97 Å². The average Bonchev–Trinajstić information content (AvgIpc) is 3.13. The monoisotopic (exact) mass is 731 g/mol. The van der Waals surface area contributed by atoms with Crippen molar-refractivity contribution in [2.75, 3.05) is 26.4 Å². The van der Waals surface area contributed by atoms with Gasteiger partial charge in [0.15, 0.2) is 6.29 Å². The molecule has 51 heavy (non-hydrogen) atoms. The van der Waals surface area contributed by atoms with Crippen LogP contribution >= 0.6 is 0 Å². The Morgan fingerprint density at radius 1 is 0.549 bits per heavy atom. The first kappa shape index (κ1) is 48.2. The molecule has 304 valence electrons. The molecule has 1 rings (SSSR count). The van der Waals surface area contributed by atoms with Crippen LogP contribution in [0, 0.1) is 0 Å². The van der Waals surface area contributed by atoms with Crippen LogP contribution < -0.4 is 0 Å². The summed E-state index contributed by atoms with van der Waals surface area (Å²) in [4.78, 5) is 12.7. The summed E-state index contributed by atoms with van der Waals surface area (Å²) >= 11 is 0. The Bertz CT molecular complexity index is 752. The van der Waals surface area contributed by atoms with Crippen LogP contribution in [0.25, 0.3) is 0 Å². The second-order valence-electron chi connectivity index (χ2n) is 15.2. The molecular weight excluding hydrogens is 648 g/mol. The number of carbonyl (C=O) groups is 1. The molecular formula is C42H82O9. The van der Waals surface area contributed by atoms with E-state index in [0.717, 1.165) is 32.1 Å². The third-order valence-corrected chi connectivity index (χ3v) is 10.3. The lowest BCUT2D eigenvalue weighted by atomic mass is 9.99. The first-order chi connectivity index (χ1) is 24.9. The molecule has 4 N–H and O–H groups in total. The molecule has 1 aliphatic rings. The Hall–Kier alpha value is -0.810. The lowest BCUT2D eigenvalue weighted by Crippen LogP contribution is -2.59. The number of hydrogen-bond acceptors (Lipinski definition) is 9. The highest BCUT2D eigenvalue weighted by Crippen LogP contribution is 2.23. The largest absolute Gasteiger partial charge is 0.457 e. The molecule has 0 bridgehead atoms. The van der Waals surface area contributed by atoms with Crippen molar-refractivity contribution in [3.05, 3.63) is 0 Å². The average molecular weight is 731 g/mol. The number of carbonyl (C=O) groups excluding carboxylic acids is 1. The van der Waals surface area contributed by atoms with Crippen LogP contribution in [0.4, 0.5) is 0 Å². The number of hydrogen-bond donors (Lipinski definition) is 4. The van der Waals surface area contributed by atoms with E-state index in [1.807, 2.05) is 0 Å². The second kappa shape index (κ2) is 34.9. The fraction of sp³-hybridized carbons (Fsp3) is 0.976. The van der Waals surface area contributed by atoms with Crippen molar-refractivity contribution in [3.8, 4) is 0 Å². The molecule has 0 aliphatic carbocycles. The molecule has 0 radical (unpaired) electrons. The van der Waals surface area contributed by atoms with Gasteiger partial charge in [0, 0.05) is 13.0 Å². The van der Waals surface area contributed by atoms with E-state index in [1.165, 1.54) is 148 Å². The maximum atomic E-state index is 12.7. The Kier molecular flexibility index (Phi) is 33.0. The lowest BCUT2D eigenvalue weighted by Gasteiger charge is -2.39.